The first-order chi connectivity index (χ1) is 13.9. The average molecular weight is 510 g/mol. The van der Waals surface area contributed by atoms with Gasteiger partial charge < -0.3 is 9.84 Å². The van der Waals surface area contributed by atoms with Gasteiger partial charge in [0.1, 0.15) is 11.9 Å². The minimum Gasteiger partial charge on any atom is -0.508 e. The third-order valence-electron chi connectivity index (χ3n) is 4.24. The third kappa shape index (κ3) is 7.39. The van der Waals surface area contributed by atoms with Crippen molar-refractivity contribution in [1.82, 2.24) is 5.48 Å². The first kappa shape index (κ1) is 22.7. The standard InChI is InChI=1S/C21H23IN2O5/c1-14(7-5-6-10-19(26)24-28)20(17-13-15(22)11-12-18(17)25)29-21(27)23-16-8-3-2-4-9-16/h2-4,6,8-14,20,25,28H,5,7H2,1H3,(H,23,27)(H,24,26)/b10-6+/t14-,20+/m0/s1. The molecule has 154 valence electrons. The van der Waals surface area contributed by atoms with Crippen LogP contribution in [0.3, 0.4) is 0 Å². The number of hydrogen-bond acceptors (Lipinski definition) is 5. The molecule has 0 saturated heterocycles. The van der Waals surface area contributed by atoms with Crippen LogP contribution in [0.5, 0.6) is 5.75 Å². The maximum Gasteiger partial charge on any atom is 0.412 e. The van der Waals surface area contributed by atoms with Crippen LogP contribution in [0.2, 0.25) is 0 Å². The molecule has 2 aromatic carbocycles. The fraction of sp³-hybridized carbons (Fsp3) is 0.238. The predicted octanol–water partition coefficient (Wildman–Crippen LogP) is 4.76. The smallest absolute Gasteiger partial charge is 0.412 e. The number of aromatic hydroxyl groups is 1. The molecule has 4 N–H and O–H groups in total. The van der Waals surface area contributed by atoms with E-state index in [-0.39, 0.29) is 11.7 Å². The molecule has 8 heteroatoms. The number of carbonyl (C=O) groups excluding carboxylic acids is 2. The molecular formula is C21H23IN2O5. The number of halogens is 1. The van der Waals surface area contributed by atoms with Gasteiger partial charge in [-0.3, -0.25) is 15.3 Å². The second-order valence-electron chi connectivity index (χ2n) is 6.45. The normalized spacial score (nSPS) is 12.9. The van der Waals surface area contributed by atoms with Gasteiger partial charge in [-0.05, 0) is 71.7 Å². The zero-order chi connectivity index (χ0) is 21.2. The van der Waals surface area contributed by atoms with Crippen molar-refractivity contribution in [2.75, 3.05) is 5.32 Å². The van der Waals surface area contributed by atoms with Gasteiger partial charge in [-0.1, -0.05) is 31.2 Å². The quantitative estimate of drug-likeness (QED) is 0.177. The molecule has 0 aliphatic heterocycles. The topological polar surface area (TPSA) is 108 Å². The van der Waals surface area contributed by atoms with Crippen molar-refractivity contribution in [3.05, 3.63) is 69.8 Å². The van der Waals surface area contributed by atoms with Crippen molar-refractivity contribution in [3.8, 4) is 5.75 Å². The van der Waals surface area contributed by atoms with E-state index in [4.69, 9.17) is 9.94 Å². The van der Waals surface area contributed by atoms with Crippen LogP contribution in [0, 0.1) is 9.49 Å². The third-order valence-corrected chi connectivity index (χ3v) is 4.91. The molecule has 0 unspecified atom stereocenters. The van der Waals surface area contributed by atoms with Crippen LogP contribution in [-0.2, 0) is 9.53 Å². The Balaban J connectivity index is 2.14. The van der Waals surface area contributed by atoms with Crippen LogP contribution < -0.4 is 10.8 Å². The molecule has 0 bridgehead atoms. The van der Waals surface area contributed by atoms with Gasteiger partial charge in [0.25, 0.3) is 5.91 Å². The Kier molecular flexibility index (Phi) is 8.94. The minimum absolute atomic E-state index is 0.0463. The maximum absolute atomic E-state index is 12.4. The molecule has 0 saturated carbocycles. The van der Waals surface area contributed by atoms with E-state index in [1.54, 1.807) is 48.5 Å². The number of hydrogen-bond donors (Lipinski definition) is 4. The fourth-order valence-corrected chi connectivity index (χ4v) is 3.28. The lowest BCUT2D eigenvalue weighted by molar-refractivity contribution is -0.124. The number of phenolic OH excluding ortho intramolecular Hbond substituents is 1. The van der Waals surface area contributed by atoms with E-state index in [2.05, 4.69) is 27.9 Å². The molecule has 2 rings (SSSR count). The van der Waals surface area contributed by atoms with Gasteiger partial charge >= 0.3 is 6.09 Å². The molecule has 0 radical (unpaired) electrons. The summed E-state index contributed by atoms with van der Waals surface area (Å²) < 4.78 is 6.58. The SMILES string of the molecule is C[C@@H](CC/C=C/C(=O)NO)[C@@H](OC(=O)Nc1ccccc1)c1cc(I)ccc1O. The largest absolute Gasteiger partial charge is 0.508 e. The molecule has 0 aromatic heterocycles. The zero-order valence-electron chi connectivity index (χ0n) is 15.8. The van der Waals surface area contributed by atoms with Gasteiger partial charge in [0.15, 0.2) is 0 Å². The van der Waals surface area contributed by atoms with Crippen LogP contribution in [0.25, 0.3) is 0 Å². The Bertz CT molecular complexity index is 857. The molecule has 0 aliphatic carbocycles. The van der Waals surface area contributed by atoms with E-state index >= 15 is 0 Å². The maximum atomic E-state index is 12.4. The summed E-state index contributed by atoms with van der Waals surface area (Å²) in [4.78, 5) is 23.5. The van der Waals surface area contributed by atoms with Gasteiger partial charge in [-0.2, -0.15) is 0 Å². The van der Waals surface area contributed by atoms with Crippen LogP contribution in [-0.4, -0.2) is 22.3 Å². The summed E-state index contributed by atoms with van der Waals surface area (Å²) in [5.74, 6) is -0.713. The Morgan fingerprint density at radius 2 is 1.93 bits per heavy atom. The molecule has 0 heterocycles. The summed E-state index contributed by atoms with van der Waals surface area (Å²) in [6.07, 6.45) is 2.66. The molecule has 7 nitrogen and oxygen atoms in total. The molecule has 2 atom stereocenters. The summed E-state index contributed by atoms with van der Waals surface area (Å²) in [6, 6.07) is 14.1. The predicted molar refractivity (Wildman–Crippen MR) is 118 cm³/mol. The summed E-state index contributed by atoms with van der Waals surface area (Å²) in [5, 5.41) is 21.5. The Labute approximate surface area is 182 Å². The van der Waals surface area contributed by atoms with Gasteiger partial charge in [-0.25, -0.2) is 10.3 Å². The second kappa shape index (κ2) is 11.4. The second-order valence-corrected chi connectivity index (χ2v) is 7.70. The summed E-state index contributed by atoms with van der Waals surface area (Å²) in [5.41, 5.74) is 2.65. The fourth-order valence-electron chi connectivity index (χ4n) is 2.76. The lowest BCUT2D eigenvalue weighted by Crippen LogP contribution is -2.22. The number of ether oxygens (including phenoxy) is 1. The Morgan fingerprint density at radius 1 is 1.21 bits per heavy atom. The number of para-hydroxylation sites is 1. The Hall–Kier alpha value is -2.59. The first-order valence-electron chi connectivity index (χ1n) is 9.02. The summed E-state index contributed by atoms with van der Waals surface area (Å²) in [6.45, 7) is 1.90. The Morgan fingerprint density at radius 3 is 2.62 bits per heavy atom. The number of hydroxylamine groups is 1. The molecule has 0 fully saturated rings. The number of anilines is 1. The summed E-state index contributed by atoms with van der Waals surface area (Å²) >= 11 is 2.13. The van der Waals surface area contributed by atoms with Crippen molar-refractivity contribution in [3.63, 3.8) is 0 Å². The van der Waals surface area contributed by atoms with Crippen molar-refractivity contribution in [1.29, 1.82) is 0 Å². The van der Waals surface area contributed by atoms with Gasteiger partial charge in [-0.15, -0.1) is 0 Å². The number of allylic oxidation sites excluding steroid dienone is 1. The highest BCUT2D eigenvalue weighted by Crippen LogP contribution is 2.36. The number of nitrogens with one attached hydrogen (secondary N) is 2. The molecular weight excluding hydrogens is 487 g/mol. The lowest BCUT2D eigenvalue weighted by atomic mass is 9.92. The van der Waals surface area contributed by atoms with E-state index in [0.29, 0.717) is 24.1 Å². The number of benzene rings is 2. The van der Waals surface area contributed by atoms with E-state index in [0.717, 1.165) is 3.57 Å². The minimum atomic E-state index is -0.687. The van der Waals surface area contributed by atoms with E-state index in [1.165, 1.54) is 11.6 Å². The van der Waals surface area contributed by atoms with Crippen LogP contribution in [0.4, 0.5) is 10.5 Å². The molecule has 2 aromatic rings. The van der Waals surface area contributed by atoms with Gasteiger partial charge in [0.05, 0.1) is 0 Å². The highest BCUT2D eigenvalue weighted by Gasteiger charge is 2.26. The molecule has 0 spiro atoms. The van der Waals surface area contributed by atoms with E-state index < -0.39 is 18.1 Å². The van der Waals surface area contributed by atoms with Crippen LogP contribution in [0.15, 0.2) is 60.7 Å². The summed E-state index contributed by atoms with van der Waals surface area (Å²) in [7, 11) is 0. The van der Waals surface area contributed by atoms with Gasteiger partial charge in [0, 0.05) is 20.9 Å². The van der Waals surface area contributed by atoms with Crippen molar-refractivity contribution < 1.29 is 24.6 Å². The number of phenols is 1. The molecule has 29 heavy (non-hydrogen) atoms. The highest BCUT2D eigenvalue weighted by atomic mass is 127. The number of carbonyl (C=O) groups is 2. The monoisotopic (exact) mass is 510 g/mol. The van der Waals surface area contributed by atoms with Crippen molar-refractivity contribution >= 4 is 40.3 Å². The zero-order valence-corrected chi connectivity index (χ0v) is 18.0. The van der Waals surface area contributed by atoms with E-state index in [1.807, 2.05) is 13.0 Å². The first-order valence-corrected chi connectivity index (χ1v) is 10.1. The van der Waals surface area contributed by atoms with Crippen molar-refractivity contribution in [2.45, 2.75) is 25.9 Å². The van der Waals surface area contributed by atoms with Crippen molar-refractivity contribution in [2.24, 2.45) is 5.92 Å². The average Bonchev–Trinajstić information content (AvgIpc) is 2.71. The molecule has 2 amide bonds. The van der Waals surface area contributed by atoms with Crippen LogP contribution in [0.1, 0.15) is 31.4 Å². The lowest BCUT2D eigenvalue weighted by Gasteiger charge is -2.25. The van der Waals surface area contributed by atoms with Crippen LogP contribution >= 0.6 is 22.6 Å². The number of rotatable bonds is 8. The number of amides is 2. The van der Waals surface area contributed by atoms with E-state index in [9.17, 15) is 14.7 Å². The van der Waals surface area contributed by atoms with Gasteiger partial charge in [0.2, 0.25) is 0 Å². The molecule has 0 aliphatic rings. The highest BCUT2D eigenvalue weighted by molar-refractivity contribution is 14.1.